The number of hydrogen-bond donors (Lipinski definition) is 1. The predicted molar refractivity (Wildman–Crippen MR) is 86.3 cm³/mol. The molecule has 0 bridgehead atoms. The fraction of sp³-hybridized carbons (Fsp3) is 0.235. The van der Waals surface area contributed by atoms with Crippen molar-refractivity contribution in [3.05, 3.63) is 59.2 Å². The number of hydrogen-bond acceptors (Lipinski definition) is 2. The van der Waals surface area contributed by atoms with E-state index in [2.05, 4.69) is 5.32 Å². The van der Waals surface area contributed by atoms with Gasteiger partial charge >= 0.3 is 0 Å². The minimum Gasteiger partial charge on any atom is -0.325 e. The summed E-state index contributed by atoms with van der Waals surface area (Å²) >= 11 is 0.981. The van der Waals surface area contributed by atoms with Gasteiger partial charge < -0.3 is 5.32 Å². The highest BCUT2D eigenvalue weighted by molar-refractivity contribution is 8.00. The second-order valence-electron chi connectivity index (χ2n) is 4.87. The maximum atomic E-state index is 13.5. The molecule has 5 heteroatoms. The highest BCUT2D eigenvalue weighted by atomic mass is 32.2. The van der Waals surface area contributed by atoms with Crippen LogP contribution in [0.25, 0.3) is 0 Å². The third-order valence-corrected chi connectivity index (χ3v) is 4.29. The lowest BCUT2D eigenvalue weighted by atomic mass is 10.1. The van der Waals surface area contributed by atoms with E-state index < -0.39 is 11.6 Å². The van der Waals surface area contributed by atoms with Crippen molar-refractivity contribution in [2.75, 3.05) is 11.1 Å². The summed E-state index contributed by atoms with van der Waals surface area (Å²) in [4.78, 5) is 12.2. The Morgan fingerprint density at radius 3 is 2.73 bits per heavy atom. The fourth-order valence-electron chi connectivity index (χ4n) is 2.11. The van der Waals surface area contributed by atoms with E-state index in [4.69, 9.17) is 0 Å². The first kappa shape index (κ1) is 16.5. The van der Waals surface area contributed by atoms with Crippen LogP contribution in [0.4, 0.5) is 14.5 Å². The van der Waals surface area contributed by atoms with Gasteiger partial charge in [0.1, 0.15) is 11.6 Å². The molecule has 1 amide bonds. The molecule has 22 heavy (non-hydrogen) atoms. The van der Waals surface area contributed by atoms with E-state index in [1.54, 1.807) is 0 Å². The Morgan fingerprint density at radius 2 is 2.00 bits per heavy atom. The van der Waals surface area contributed by atoms with Gasteiger partial charge in [-0.15, -0.1) is 11.8 Å². The number of nitrogens with one attached hydrogen (secondary N) is 1. The van der Waals surface area contributed by atoms with Crippen LogP contribution in [0.1, 0.15) is 18.1 Å². The zero-order chi connectivity index (χ0) is 16.1. The first-order valence-corrected chi connectivity index (χ1v) is 7.96. The first-order valence-electron chi connectivity index (χ1n) is 6.97. The molecule has 0 aliphatic rings. The van der Waals surface area contributed by atoms with Crippen molar-refractivity contribution in [1.82, 2.24) is 0 Å². The van der Waals surface area contributed by atoms with Gasteiger partial charge in [-0.1, -0.05) is 25.1 Å². The van der Waals surface area contributed by atoms with Gasteiger partial charge in [-0.2, -0.15) is 0 Å². The second-order valence-corrected chi connectivity index (χ2v) is 5.89. The van der Waals surface area contributed by atoms with Crippen molar-refractivity contribution < 1.29 is 13.6 Å². The molecule has 1 N–H and O–H groups in total. The van der Waals surface area contributed by atoms with Crippen LogP contribution in [-0.2, 0) is 11.2 Å². The standard InChI is InChI=1S/C17H17F2NOS/c1-3-12-6-4-5-11(2)17(12)20-16(21)10-22-15-9-13(18)7-8-14(15)19/h4-9H,3,10H2,1-2H3,(H,20,21). The minimum atomic E-state index is -0.524. The number of amides is 1. The third kappa shape index (κ3) is 4.07. The fourth-order valence-corrected chi connectivity index (χ4v) is 2.87. The number of anilines is 1. The monoisotopic (exact) mass is 321 g/mol. The van der Waals surface area contributed by atoms with Crippen LogP contribution in [0.2, 0.25) is 0 Å². The van der Waals surface area contributed by atoms with Gasteiger partial charge in [-0.05, 0) is 42.7 Å². The van der Waals surface area contributed by atoms with E-state index in [-0.39, 0.29) is 16.6 Å². The molecule has 0 heterocycles. The maximum Gasteiger partial charge on any atom is 0.234 e. The molecule has 0 aliphatic carbocycles. The first-order chi connectivity index (χ1) is 10.5. The van der Waals surface area contributed by atoms with Gasteiger partial charge in [0.2, 0.25) is 5.91 Å². The molecule has 2 aromatic rings. The molecule has 2 aromatic carbocycles. The Kier molecular flexibility index (Phi) is 5.55. The predicted octanol–water partition coefficient (Wildman–Crippen LogP) is 4.57. The molecule has 0 unspecified atom stereocenters. The van der Waals surface area contributed by atoms with Crippen molar-refractivity contribution in [2.24, 2.45) is 0 Å². The van der Waals surface area contributed by atoms with E-state index in [0.29, 0.717) is 0 Å². The number of thioether (sulfide) groups is 1. The topological polar surface area (TPSA) is 29.1 Å². The van der Waals surface area contributed by atoms with Crippen molar-refractivity contribution in [1.29, 1.82) is 0 Å². The van der Waals surface area contributed by atoms with E-state index in [9.17, 15) is 13.6 Å². The van der Waals surface area contributed by atoms with Crippen molar-refractivity contribution in [3.63, 3.8) is 0 Å². The highest BCUT2D eigenvalue weighted by Crippen LogP contribution is 2.24. The van der Waals surface area contributed by atoms with Gasteiger partial charge in [0, 0.05) is 10.6 Å². The Bertz CT molecular complexity index is 688. The number of aryl methyl sites for hydroxylation is 2. The molecule has 0 saturated heterocycles. The smallest absolute Gasteiger partial charge is 0.234 e. The molecule has 0 radical (unpaired) electrons. The molecule has 0 aromatic heterocycles. The Morgan fingerprint density at radius 1 is 1.23 bits per heavy atom. The van der Waals surface area contributed by atoms with Gasteiger partial charge in [0.05, 0.1) is 5.75 Å². The largest absolute Gasteiger partial charge is 0.325 e. The summed E-state index contributed by atoms with van der Waals surface area (Å²) in [6.45, 7) is 3.94. The van der Waals surface area contributed by atoms with E-state index in [1.807, 2.05) is 32.0 Å². The molecular formula is C17H17F2NOS. The summed E-state index contributed by atoms with van der Waals surface area (Å²) in [6, 6.07) is 9.04. The zero-order valence-electron chi connectivity index (χ0n) is 12.5. The Hall–Kier alpha value is -1.88. The van der Waals surface area contributed by atoms with Crippen molar-refractivity contribution in [3.8, 4) is 0 Å². The lowest BCUT2D eigenvalue weighted by molar-refractivity contribution is -0.113. The average Bonchev–Trinajstić information content (AvgIpc) is 2.50. The second kappa shape index (κ2) is 7.40. The summed E-state index contributed by atoms with van der Waals surface area (Å²) in [7, 11) is 0. The van der Waals surface area contributed by atoms with Crippen LogP contribution in [0.15, 0.2) is 41.3 Å². The molecule has 116 valence electrons. The number of para-hydroxylation sites is 1. The Balaban J connectivity index is 2.03. The summed E-state index contributed by atoms with van der Waals surface area (Å²) in [5.41, 5.74) is 2.83. The number of rotatable bonds is 5. The highest BCUT2D eigenvalue weighted by Gasteiger charge is 2.11. The summed E-state index contributed by atoms with van der Waals surface area (Å²) in [6.07, 6.45) is 0.808. The number of benzene rings is 2. The molecule has 0 atom stereocenters. The van der Waals surface area contributed by atoms with Crippen LogP contribution in [0.3, 0.4) is 0 Å². The maximum absolute atomic E-state index is 13.5. The van der Waals surface area contributed by atoms with Gasteiger partial charge in [-0.3, -0.25) is 4.79 Å². The van der Waals surface area contributed by atoms with Crippen LogP contribution >= 0.6 is 11.8 Å². The van der Waals surface area contributed by atoms with E-state index in [1.165, 1.54) is 0 Å². The summed E-state index contributed by atoms with van der Waals surface area (Å²) < 4.78 is 26.6. The molecule has 0 aliphatic heterocycles. The molecular weight excluding hydrogens is 304 g/mol. The molecule has 2 nitrogen and oxygen atoms in total. The number of halogens is 2. The van der Waals surface area contributed by atoms with Crippen molar-refractivity contribution in [2.45, 2.75) is 25.2 Å². The van der Waals surface area contributed by atoms with Crippen molar-refractivity contribution >= 4 is 23.4 Å². The van der Waals surface area contributed by atoms with E-state index >= 15 is 0 Å². The van der Waals surface area contributed by atoms with E-state index in [0.717, 1.165) is 53.2 Å². The van der Waals surface area contributed by atoms with Crippen LogP contribution in [0, 0.1) is 18.6 Å². The Labute approximate surface area is 132 Å². The third-order valence-electron chi connectivity index (χ3n) is 3.26. The van der Waals surface area contributed by atoms with Crippen LogP contribution in [0.5, 0.6) is 0 Å². The average molecular weight is 321 g/mol. The van der Waals surface area contributed by atoms with Gasteiger partial charge in [0.25, 0.3) is 0 Å². The zero-order valence-corrected chi connectivity index (χ0v) is 13.3. The van der Waals surface area contributed by atoms with Crippen LogP contribution in [-0.4, -0.2) is 11.7 Å². The van der Waals surface area contributed by atoms with Crippen LogP contribution < -0.4 is 5.32 Å². The molecule has 0 fully saturated rings. The SMILES string of the molecule is CCc1cccc(C)c1NC(=O)CSc1cc(F)ccc1F. The summed E-state index contributed by atoms with van der Waals surface area (Å²) in [5.74, 6) is -1.25. The summed E-state index contributed by atoms with van der Waals surface area (Å²) in [5, 5.41) is 2.86. The minimum absolute atomic E-state index is 0.0257. The molecule has 2 rings (SSSR count). The lowest BCUT2D eigenvalue weighted by Crippen LogP contribution is -2.16. The molecule has 0 spiro atoms. The lowest BCUT2D eigenvalue weighted by Gasteiger charge is -2.13. The van der Waals surface area contributed by atoms with Gasteiger partial charge in [0.15, 0.2) is 0 Å². The van der Waals surface area contributed by atoms with Gasteiger partial charge in [-0.25, -0.2) is 8.78 Å². The quantitative estimate of drug-likeness (QED) is 0.818. The normalized spacial score (nSPS) is 10.5. The number of carbonyl (C=O) groups excluding carboxylic acids is 1. The molecule has 0 saturated carbocycles. The number of carbonyl (C=O) groups is 1.